The summed E-state index contributed by atoms with van der Waals surface area (Å²) in [4.78, 5) is 27.1. The van der Waals surface area contributed by atoms with Crippen molar-refractivity contribution in [3.63, 3.8) is 0 Å². The molecule has 1 aliphatic rings. The smallest absolute Gasteiger partial charge is 0.255 e. The number of carbonyl (C=O) groups excluding carboxylic acids is 2. The Balaban J connectivity index is 1.27. The van der Waals surface area contributed by atoms with Gasteiger partial charge in [-0.3, -0.25) is 14.7 Å². The maximum Gasteiger partial charge on any atom is 0.255 e. The van der Waals surface area contributed by atoms with Gasteiger partial charge in [0.1, 0.15) is 5.75 Å². The zero-order chi connectivity index (χ0) is 24.2. The molecule has 1 saturated carbocycles. The Hall–Kier alpha value is -3.78. The first-order valence-corrected chi connectivity index (χ1v) is 12.4. The summed E-state index contributed by atoms with van der Waals surface area (Å²) < 4.78 is 5.20. The number of ether oxygens (including phenoxy) is 1. The SMILES string of the molecule is COc1cccc(C(=O)Nc2cccc(Sc3ccc4c(NC(=O)C5CCCC5)n[nH]c4c3)c2)c1. The molecule has 3 N–H and O–H groups in total. The van der Waals surface area contributed by atoms with Gasteiger partial charge < -0.3 is 15.4 Å². The van der Waals surface area contributed by atoms with Gasteiger partial charge in [-0.15, -0.1) is 0 Å². The summed E-state index contributed by atoms with van der Waals surface area (Å²) in [6.07, 6.45) is 4.14. The molecule has 1 aliphatic carbocycles. The second-order valence-electron chi connectivity index (χ2n) is 8.57. The average Bonchev–Trinajstić information content (AvgIpc) is 3.55. The first-order valence-electron chi connectivity index (χ1n) is 11.6. The molecule has 2 amide bonds. The van der Waals surface area contributed by atoms with Crippen molar-refractivity contribution in [1.29, 1.82) is 0 Å². The van der Waals surface area contributed by atoms with Crippen molar-refractivity contribution in [2.24, 2.45) is 5.92 Å². The molecule has 0 radical (unpaired) electrons. The highest BCUT2D eigenvalue weighted by Gasteiger charge is 2.23. The fourth-order valence-corrected chi connectivity index (χ4v) is 5.22. The molecule has 7 nitrogen and oxygen atoms in total. The van der Waals surface area contributed by atoms with Gasteiger partial charge in [-0.05, 0) is 67.4 Å². The second-order valence-corrected chi connectivity index (χ2v) is 9.71. The zero-order valence-electron chi connectivity index (χ0n) is 19.3. The van der Waals surface area contributed by atoms with Gasteiger partial charge >= 0.3 is 0 Å². The van der Waals surface area contributed by atoms with E-state index in [1.165, 1.54) is 0 Å². The van der Waals surface area contributed by atoms with Gasteiger partial charge in [0, 0.05) is 32.3 Å². The monoisotopic (exact) mass is 486 g/mol. The number of nitrogens with one attached hydrogen (secondary N) is 3. The van der Waals surface area contributed by atoms with Gasteiger partial charge in [0.15, 0.2) is 5.82 Å². The molecule has 5 rings (SSSR count). The molecular formula is C27H26N4O3S. The van der Waals surface area contributed by atoms with Crippen LogP contribution in [-0.4, -0.2) is 29.1 Å². The minimum atomic E-state index is -0.197. The number of anilines is 2. The number of carbonyl (C=O) groups is 2. The Kier molecular flexibility index (Phi) is 6.72. The van der Waals surface area contributed by atoms with E-state index >= 15 is 0 Å². The highest BCUT2D eigenvalue weighted by molar-refractivity contribution is 7.99. The lowest BCUT2D eigenvalue weighted by molar-refractivity contribution is -0.119. The van der Waals surface area contributed by atoms with Crippen LogP contribution in [-0.2, 0) is 4.79 Å². The first kappa shape index (κ1) is 23.0. The van der Waals surface area contributed by atoms with Gasteiger partial charge in [-0.25, -0.2) is 0 Å². The number of nitrogens with zero attached hydrogens (tertiary/aromatic N) is 1. The minimum Gasteiger partial charge on any atom is -0.497 e. The van der Waals surface area contributed by atoms with Crippen molar-refractivity contribution < 1.29 is 14.3 Å². The number of fused-ring (bicyclic) bond motifs is 1. The molecule has 1 aromatic heterocycles. The van der Waals surface area contributed by atoms with E-state index in [1.807, 2.05) is 42.5 Å². The molecule has 1 heterocycles. The van der Waals surface area contributed by atoms with Gasteiger partial charge in [0.2, 0.25) is 5.91 Å². The largest absolute Gasteiger partial charge is 0.497 e. The van der Waals surface area contributed by atoms with Crippen LogP contribution in [0, 0.1) is 5.92 Å². The lowest BCUT2D eigenvalue weighted by Gasteiger charge is -2.09. The fourth-order valence-electron chi connectivity index (χ4n) is 4.31. The standard InChI is InChI=1S/C27H26N4O3S/c1-34-20-10-4-8-18(14-20)27(33)28-19-9-5-11-21(15-19)35-22-12-13-23-24(16-22)30-31-25(23)29-26(32)17-6-2-3-7-17/h4-5,8-17H,2-3,6-7H2,1H3,(H,28,33)(H2,29,30,31,32). The van der Waals surface area contributed by atoms with E-state index in [1.54, 1.807) is 43.1 Å². The first-order chi connectivity index (χ1) is 17.1. The Morgan fingerprint density at radius 2 is 1.77 bits per heavy atom. The Labute approximate surface area is 207 Å². The topological polar surface area (TPSA) is 96.1 Å². The van der Waals surface area contributed by atoms with Crippen LogP contribution in [0.5, 0.6) is 5.75 Å². The van der Waals surface area contributed by atoms with Crippen molar-refractivity contribution in [3.05, 3.63) is 72.3 Å². The van der Waals surface area contributed by atoms with Gasteiger partial charge in [-0.2, -0.15) is 5.10 Å². The van der Waals surface area contributed by atoms with Crippen LogP contribution in [0.3, 0.4) is 0 Å². The Morgan fingerprint density at radius 3 is 2.60 bits per heavy atom. The van der Waals surface area contributed by atoms with E-state index in [0.29, 0.717) is 22.8 Å². The van der Waals surface area contributed by atoms with Gasteiger partial charge in [0.25, 0.3) is 5.91 Å². The molecule has 0 bridgehead atoms. The van der Waals surface area contributed by atoms with Crippen LogP contribution in [0.4, 0.5) is 11.5 Å². The van der Waals surface area contributed by atoms with Crippen molar-refractivity contribution in [1.82, 2.24) is 10.2 Å². The number of aromatic nitrogens is 2. The molecule has 8 heteroatoms. The minimum absolute atomic E-state index is 0.0576. The molecular weight excluding hydrogens is 460 g/mol. The number of methoxy groups -OCH3 is 1. The van der Waals surface area contributed by atoms with E-state index in [9.17, 15) is 9.59 Å². The molecule has 0 spiro atoms. The van der Waals surface area contributed by atoms with Crippen LogP contribution in [0.2, 0.25) is 0 Å². The van der Waals surface area contributed by atoms with Crippen LogP contribution >= 0.6 is 11.8 Å². The number of hydrogen-bond donors (Lipinski definition) is 3. The number of H-pyrrole nitrogens is 1. The van der Waals surface area contributed by atoms with Crippen molar-refractivity contribution in [2.45, 2.75) is 35.5 Å². The summed E-state index contributed by atoms with van der Waals surface area (Å²) in [5, 5.41) is 14.2. The van der Waals surface area contributed by atoms with Crippen LogP contribution < -0.4 is 15.4 Å². The lowest BCUT2D eigenvalue weighted by Crippen LogP contribution is -2.20. The van der Waals surface area contributed by atoms with E-state index in [4.69, 9.17) is 4.74 Å². The molecule has 0 unspecified atom stereocenters. The molecule has 178 valence electrons. The van der Waals surface area contributed by atoms with Gasteiger partial charge in [-0.1, -0.05) is 36.7 Å². The second kappa shape index (κ2) is 10.2. The van der Waals surface area contributed by atoms with E-state index in [2.05, 4.69) is 20.8 Å². The predicted molar refractivity (Wildman–Crippen MR) is 138 cm³/mol. The normalized spacial score (nSPS) is 13.6. The van der Waals surface area contributed by atoms with E-state index in [-0.39, 0.29) is 17.7 Å². The van der Waals surface area contributed by atoms with Crippen molar-refractivity contribution >= 4 is 46.0 Å². The quantitative estimate of drug-likeness (QED) is 0.293. The zero-order valence-corrected chi connectivity index (χ0v) is 20.2. The van der Waals surface area contributed by atoms with Crippen LogP contribution in [0.15, 0.2) is 76.5 Å². The average molecular weight is 487 g/mol. The summed E-state index contributed by atoms with van der Waals surface area (Å²) in [5.74, 6) is 1.17. The van der Waals surface area contributed by atoms with Gasteiger partial charge in [0.05, 0.1) is 12.6 Å². The Bertz CT molecular complexity index is 1380. The molecule has 35 heavy (non-hydrogen) atoms. The third-order valence-corrected chi connectivity index (χ3v) is 7.14. The number of amides is 2. The molecule has 4 aromatic rings. The highest BCUT2D eigenvalue weighted by atomic mass is 32.2. The lowest BCUT2D eigenvalue weighted by atomic mass is 10.1. The third kappa shape index (κ3) is 5.33. The number of hydrogen-bond acceptors (Lipinski definition) is 5. The summed E-state index contributed by atoms with van der Waals surface area (Å²) in [6.45, 7) is 0. The molecule has 3 aromatic carbocycles. The van der Waals surface area contributed by atoms with Crippen LogP contribution in [0.1, 0.15) is 36.0 Å². The fraction of sp³-hybridized carbons (Fsp3) is 0.222. The summed E-state index contributed by atoms with van der Waals surface area (Å²) in [6, 6.07) is 20.7. The molecule has 1 fully saturated rings. The third-order valence-electron chi connectivity index (χ3n) is 6.16. The molecule has 0 atom stereocenters. The highest BCUT2D eigenvalue weighted by Crippen LogP contribution is 2.33. The van der Waals surface area contributed by atoms with Crippen molar-refractivity contribution in [3.8, 4) is 5.75 Å². The molecule has 0 aliphatic heterocycles. The number of rotatable bonds is 7. The van der Waals surface area contributed by atoms with E-state index in [0.717, 1.165) is 46.4 Å². The molecule has 0 saturated heterocycles. The predicted octanol–water partition coefficient (Wildman–Crippen LogP) is 6.10. The summed E-state index contributed by atoms with van der Waals surface area (Å²) in [5.41, 5.74) is 2.10. The number of benzene rings is 3. The van der Waals surface area contributed by atoms with Crippen LogP contribution in [0.25, 0.3) is 10.9 Å². The summed E-state index contributed by atoms with van der Waals surface area (Å²) >= 11 is 1.58. The maximum absolute atomic E-state index is 12.6. The Morgan fingerprint density at radius 1 is 0.971 bits per heavy atom. The van der Waals surface area contributed by atoms with Crippen molar-refractivity contribution in [2.75, 3.05) is 17.7 Å². The van der Waals surface area contributed by atoms with E-state index < -0.39 is 0 Å². The maximum atomic E-state index is 12.6. The summed E-state index contributed by atoms with van der Waals surface area (Å²) in [7, 11) is 1.58. The number of aromatic amines is 1.